The van der Waals surface area contributed by atoms with Gasteiger partial charge in [-0.3, -0.25) is 0 Å². The van der Waals surface area contributed by atoms with E-state index in [9.17, 15) is 0 Å². The molecule has 88 valence electrons. The monoisotopic (exact) mass is 221 g/mol. The predicted octanol–water partition coefficient (Wildman–Crippen LogP) is 2.55. The summed E-state index contributed by atoms with van der Waals surface area (Å²) in [6, 6.07) is 5.94. The second kappa shape index (κ2) is 4.24. The lowest BCUT2D eigenvalue weighted by Crippen LogP contribution is -2.40. The van der Waals surface area contributed by atoms with Gasteiger partial charge in [0.25, 0.3) is 0 Å². The van der Waals surface area contributed by atoms with E-state index in [2.05, 4.69) is 25.8 Å². The maximum Gasteiger partial charge on any atom is 0.143 e. The first-order valence-electron chi connectivity index (χ1n) is 5.67. The van der Waals surface area contributed by atoms with Gasteiger partial charge < -0.3 is 14.4 Å². The molecule has 1 aliphatic heterocycles. The molecule has 0 fully saturated rings. The van der Waals surface area contributed by atoms with Gasteiger partial charge in [0, 0.05) is 13.1 Å². The molecule has 1 unspecified atom stereocenters. The molecule has 3 nitrogen and oxygen atoms in total. The van der Waals surface area contributed by atoms with Crippen molar-refractivity contribution < 1.29 is 9.47 Å². The molecule has 0 radical (unpaired) electrons. The first-order chi connectivity index (χ1) is 7.61. The lowest BCUT2D eigenvalue weighted by atomic mass is 10.0. The minimum atomic E-state index is 0.269. The first kappa shape index (κ1) is 11.1. The standard InChI is InChI=1S/C13H19NO2/c1-9(2)13-8-14(3)11-7-10(15-4)5-6-12(11)16-13/h5-7,9,13H,8H2,1-4H3. The number of ether oxygens (including phenoxy) is 2. The van der Waals surface area contributed by atoms with Gasteiger partial charge >= 0.3 is 0 Å². The topological polar surface area (TPSA) is 21.7 Å². The quantitative estimate of drug-likeness (QED) is 0.766. The molecule has 0 bridgehead atoms. The number of benzene rings is 1. The highest BCUT2D eigenvalue weighted by Gasteiger charge is 2.25. The Morgan fingerprint density at radius 1 is 1.44 bits per heavy atom. The molecule has 1 atom stereocenters. The van der Waals surface area contributed by atoms with Crippen LogP contribution in [0.2, 0.25) is 0 Å². The summed E-state index contributed by atoms with van der Waals surface area (Å²) >= 11 is 0. The molecule has 1 aromatic rings. The molecule has 1 aromatic carbocycles. The average Bonchev–Trinajstić information content (AvgIpc) is 2.28. The fourth-order valence-corrected chi connectivity index (χ4v) is 1.94. The summed E-state index contributed by atoms with van der Waals surface area (Å²) in [5.74, 6) is 2.35. The second-order valence-electron chi connectivity index (χ2n) is 4.61. The van der Waals surface area contributed by atoms with Gasteiger partial charge in [-0.15, -0.1) is 0 Å². The fourth-order valence-electron chi connectivity index (χ4n) is 1.94. The molecular weight excluding hydrogens is 202 g/mol. The minimum absolute atomic E-state index is 0.269. The second-order valence-corrected chi connectivity index (χ2v) is 4.61. The van der Waals surface area contributed by atoms with Crippen molar-refractivity contribution in [2.75, 3.05) is 25.6 Å². The Balaban J connectivity index is 2.30. The Morgan fingerprint density at radius 3 is 2.81 bits per heavy atom. The van der Waals surface area contributed by atoms with Gasteiger partial charge in [0.2, 0.25) is 0 Å². The van der Waals surface area contributed by atoms with Crippen LogP contribution in [0.25, 0.3) is 0 Å². The minimum Gasteiger partial charge on any atom is -0.497 e. The summed E-state index contributed by atoms with van der Waals surface area (Å²) in [5.41, 5.74) is 1.11. The molecule has 16 heavy (non-hydrogen) atoms. The van der Waals surface area contributed by atoms with Gasteiger partial charge in [-0.25, -0.2) is 0 Å². The summed E-state index contributed by atoms with van der Waals surface area (Å²) in [4.78, 5) is 2.23. The maximum atomic E-state index is 5.97. The van der Waals surface area contributed by atoms with Crippen LogP contribution < -0.4 is 14.4 Å². The van der Waals surface area contributed by atoms with Crippen molar-refractivity contribution in [3.63, 3.8) is 0 Å². The molecule has 3 heteroatoms. The lowest BCUT2D eigenvalue weighted by Gasteiger charge is -2.35. The summed E-state index contributed by atoms with van der Waals surface area (Å²) in [5, 5.41) is 0. The molecule has 0 saturated heterocycles. The lowest BCUT2D eigenvalue weighted by molar-refractivity contribution is 0.147. The van der Waals surface area contributed by atoms with E-state index in [0.29, 0.717) is 5.92 Å². The van der Waals surface area contributed by atoms with Crippen LogP contribution in [0.4, 0.5) is 5.69 Å². The van der Waals surface area contributed by atoms with Crippen LogP contribution in [0.5, 0.6) is 11.5 Å². The van der Waals surface area contributed by atoms with Crippen LogP contribution in [0.3, 0.4) is 0 Å². The highest BCUT2D eigenvalue weighted by Crippen LogP contribution is 2.36. The smallest absolute Gasteiger partial charge is 0.143 e. The zero-order chi connectivity index (χ0) is 11.7. The zero-order valence-electron chi connectivity index (χ0n) is 10.4. The number of rotatable bonds is 2. The number of fused-ring (bicyclic) bond motifs is 1. The summed E-state index contributed by atoms with van der Waals surface area (Å²) in [6.07, 6.45) is 0.269. The zero-order valence-corrected chi connectivity index (χ0v) is 10.4. The van der Waals surface area contributed by atoms with E-state index in [0.717, 1.165) is 23.7 Å². The first-order valence-corrected chi connectivity index (χ1v) is 5.67. The van der Waals surface area contributed by atoms with Crippen LogP contribution in [-0.2, 0) is 0 Å². The van der Waals surface area contributed by atoms with E-state index < -0.39 is 0 Å². The number of hydrogen-bond acceptors (Lipinski definition) is 3. The van der Waals surface area contributed by atoms with Crippen molar-refractivity contribution in [2.45, 2.75) is 20.0 Å². The molecule has 2 rings (SSSR count). The van der Waals surface area contributed by atoms with Crippen molar-refractivity contribution in [3.05, 3.63) is 18.2 Å². The van der Waals surface area contributed by atoms with Crippen molar-refractivity contribution >= 4 is 5.69 Å². The predicted molar refractivity (Wildman–Crippen MR) is 65.5 cm³/mol. The van der Waals surface area contributed by atoms with Gasteiger partial charge in [-0.05, 0) is 18.1 Å². The van der Waals surface area contributed by atoms with Crippen molar-refractivity contribution in [1.29, 1.82) is 0 Å². The van der Waals surface area contributed by atoms with E-state index in [1.807, 2.05) is 18.2 Å². The number of hydrogen-bond donors (Lipinski definition) is 0. The van der Waals surface area contributed by atoms with Crippen LogP contribution in [0, 0.1) is 5.92 Å². The average molecular weight is 221 g/mol. The molecule has 0 spiro atoms. The van der Waals surface area contributed by atoms with Crippen LogP contribution in [0.1, 0.15) is 13.8 Å². The molecule has 0 aromatic heterocycles. The summed E-state index contributed by atoms with van der Waals surface area (Å²) in [6.45, 7) is 5.30. The molecule has 0 N–H and O–H groups in total. The SMILES string of the molecule is COc1ccc2c(c1)N(C)CC(C(C)C)O2. The largest absolute Gasteiger partial charge is 0.497 e. The maximum absolute atomic E-state index is 5.97. The highest BCUT2D eigenvalue weighted by atomic mass is 16.5. The summed E-state index contributed by atoms with van der Waals surface area (Å²) in [7, 11) is 3.78. The number of nitrogens with zero attached hydrogens (tertiary/aromatic N) is 1. The third-order valence-corrected chi connectivity index (χ3v) is 3.05. The molecule has 0 amide bonds. The third-order valence-electron chi connectivity index (χ3n) is 3.05. The van der Waals surface area contributed by atoms with Crippen LogP contribution in [0.15, 0.2) is 18.2 Å². The van der Waals surface area contributed by atoms with E-state index in [4.69, 9.17) is 9.47 Å². The Morgan fingerprint density at radius 2 is 2.19 bits per heavy atom. The Labute approximate surface area is 97.0 Å². The Kier molecular flexibility index (Phi) is 2.95. The van der Waals surface area contributed by atoms with E-state index >= 15 is 0 Å². The fraction of sp³-hybridized carbons (Fsp3) is 0.538. The normalized spacial score (nSPS) is 19.3. The van der Waals surface area contributed by atoms with E-state index in [1.54, 1.807) is 7.11 Å². The van der Waals surface area contributed by atoms with E-state index in [-0.39, 0.29) is 6.10 Å². The highest BCUT2D eigenvalue weighted by molar-refractivity contribution is 5.62. The molecular formula is C13H19NO2. The van der Waals surface area contributed by atoms with E-state index in [1.165, 1.54) is 0 Å². The van der Waals surface area contributed by atoms with Crippen LogP contribution >= 0.6 is 0 Å². The van der Waals surface area contributed by atoms with Gasteiger partial charge in [0.1, 0.15) is 17.6 Å². The van der Waals surface area contributed by atoms with Crippen molar-refractivity contribution in [2.24, 2.45) is 5.92 Å². The number of methoxy groups -OCH3 is 1. The van der Waals surface area contributed by atoms with Gasteiger partial charge in [-0.1, -0.05) is 13.8 Å². The van der Waals surface area contributed by atoms with Crippen LogP contribution in [-0.4, -0.2) is 26.8 Å². The molecule has 0 aliphatic carbocycles. The molecule has 0 saturated carbocycles. The Hall–Kier alpha value is -1.38. The molecule has 1 aliphatic rings. The van der Waals surface area contributed by atoms with Gasteiger partial charge in [-0.2, -0.15) is 0 Å². The summed E-state index contributed by atoms with van der Waals surface area (Å²) < 4.78 is 11.2. The molecule has 1 heterocycles. The van der Waals surface area contributed by atoms with Gasteiger partial charge in [0.05, 0.1) is 19.3 Å². The number of likely N-dealkylation sites (N-methyl/N-ethyl adjacent to an activating group) is 1. The Bertz CT molecular complexity index is 376. The number of anilines is 1. The van der Waals surface area contributed by atoms with Crippen molar-refractivity contribution in [3.8, 4) is 11.5 Å². The van der Waals surface area contributed by atoms with Gasteiger partial charge in [0.15, 0.2) is 0 Å². The van der Waals surface area contributed by atoms with Crippen molar-refractivity contribution in [1.82, 2.24) is 0 Å². The third kappa shape index (κ3) is 1.94.